The Labute approximate surface area is 141 Å². The van der Waals surface area contributed by atoms with Crippen molar-refractivity contribution in [1.29, 1.82) is 0 Å². The van der Waals surface area contributed by atoms with E-state index in [9.17, 15) is 0 Å². The van der Waals surface area contributed by atoms with E-state index in [1.807, 2.05) is 0 Å². The van der Waals surface area contributed by atoms with Crippen LogP contribution in [0.25, 0.3) is 0 Å². The lowest BCUT2D eigenvalue weighted by atomic mass is 10.1. The predicted molar refractivity (Wildman–Crippen MR) is 95.6 cm³/mol. The van der Waals surface area contributed by atoms with Crippen molar-refractivity contribution in [3.05, 3.63) is 49.0 Å². The lowest BCUT2D eigenvalue weighted by Gasteiger charge is -2.22. The first-order chi connectivity index (χ1) is 9.60. The van der Waals surface area contributed by atoms with Crippen LogP contribution in [0.4, 0.5) is 5.69 Å². The molecule has 108 valence electrons. The number of anilines is 1. The molecule has 0 aliphatic carbocycles. The largest absolute Gasteiger partial charge is 0.369 e. The summed E-state index contributed by atoms with van der Waals surface area (Å²) in [5.74, 6) is 0. The fourth-order valence-electron chi connectivity index (χ4n) is 2.08. The first-order valence-electron chi connectivity index (χ1n) is 6.53. The molecule has 1 heterocycles. The fourth-order valence-corrected chi connectivity index (χ4v) is 4.00. The highest BCUT2D eigenvalue weighted by Crippen LogP contribution is 2.27. The summed E-state index contributed by atoms with van der Waals surface area (Å²) in [6.07, 6.45) is 0. The van der Waals surface area contributed by atoms with E-state index in [1.165, 1.54) is 16.1 Å². The van der Waals surface area contributed by atoms with Crippen LogP contribution in [0.3, 0.4) is 0 Å². The molecule has 2 aromatic rings. The average Bonchev–Trinajstić information content (AvgIpc) is 2.81. The third-order valence-corrected chi connectivity index (χ3v) is 5.21. The van der Waals surface area contributed by atoms with Gasteiger partial charge in [0.15, 0.2) is 0 Å². The van der Waals surface area contributed by atoms with Crippen molar-refractivity contribution in [1.82, 2.24) is 5.32 Å². The quantitative estimate of drug-likeness (QED) is 0.709. The molecule has 0 fully saturated rings. The molecule has 1 N–H and O–H groups in total. The van der Waals surface area contributed by atoms with Gasteiger partial charge in [-0.25, -0.2) is 0 Å². The number of nitrogens with one attached hydrogen (secondary N) is 1. The molecule has 0 aliphatic heterocycles. The zero-order valence-corrected chi connectivity index (χ0v) is 15.6. The van der Waals surface area contributed by atoms with Crippen LogP contribution >= 0.6 is 43.2 Å². The maximum Gasteiger partial charge on any atom is 0.0520 e. The topological polar surface area (TPSA) is 15.3 Å². The second-order valence-electron chi connectivity index (χ2n) is 4.64. The molecule has 0 radical (unpaired) electrons. The monoisotopic (exact) mass is 416 g/mol. The van der Waals surface area contributed by atoms with Gasteiger partial charge in [-0.3, -0.25) is 0 Å². The summed E-state index contributed by atoms with van der Waals surface area (Å²) in [5.41, 5.74) is 2.60. The molecule has 0 saturated heterocycles. The third-order valence-electron chi connectivity index (χ3n) is 3.03. The summed E-state index contributed by atoms with van der Waals surface area (Å²) in [6.45, 7) is 4.93. The number of thiophene rings is 1. The highest BCUT2D eigenvalue weighted by molar-refractivity contribution is 9.10. The van der Waals surface area contributed by atoms with Crippen LogP contribution in [0.2, 0.25) is 0 Å². The summed E-state index contributed by atoms with van der Waals surface area (Å²) >= 11 is 8.86. The molecule has 0 atom stereocenters. The SMILES string of the molecule is CCNCc1cc(Br)ccc1N(C)Cc1cc(Br)cs1. The first kappa shape index (κ1) is 16.0. The van der Waals surface area contributed by atoms with Crippen molar-refractivity contribution in [3.8, 4) is 0 Å². The second-order valence-corrected chi connectivity index (χ2v) is 7.47. The Morgan fingerprint density at radius 2 is 2.00 bits per heavy atom. The standard InChI is InChI=1S/C15H18Br2N2S/c1-3-18-8-11-6-12(16)4-5-15(11)19(2)9-14-7-13(17)10-20-14/h4-7,10,18H,3,8-9H2,1-2H3. The molecular formula is C15H18Br2N2S. The van der Waals surface area contributed by atoms with E-state index < -0.39 is 0 Å². The zero-order chi connectivity index (χ0) is 14.5. The lowest BCUT2D eigenvalue weighted by molar-refractivity contribution is 0.723. The van der Waals surface area contributed by atoms with Gasteiger partial charge in [-0.05, 0) is 52.3 Å². The maximum absolute atomic E-state index is 3.56. The summed E-state index contributed by atoms with van der Waals surface area (Å²) in [6, 6.07) is 8.66. The van der Waals surface area contributed by atoms with E-state index in [4.69, 9.17) is 0 Å². The van der Waals surface area contributed by atoms with E-state index in [0.717, 1.165) is 28.6 Å². The van der Waals surface area contributed by atoms with Gasteiger partial charge in [0, 0.05) is 38.5 Å². The van der Waals surface area contributed by atoms with Gasteiger partial charge in [-0.15, -0.1) is 11.3 Å². The summed E-state index contributed by atoms with van der Waals surface area (Å²) in [5, 5.41) is 5.53. The zero-order valence-electron chi connectivity index (χ0n) is 11.6. The van der Waals surface area contributed by atoms with Gasteiger partial charge in [0.05, 0.1) is 6.54 Å². The second kappa shape index (κ2) is 7.59. The molecule has 0 amide bonds. The molecule has 0 unspecified atom stereocenters. The Bertz CT molecular complexity index is 569. The van der Waals surface area contributed by atoms with Crippen molar-refractivity contribution in [2.24, 2.45) is 0 Å². The minimum absolute atomic E-state index is 0.893. The first-order valence-corrected chi connectivity index (χ1v) is 9.00. The van der Waals surface area contributed by atoms with Crippen molar-refractivity contribution in [2.75, 3.05) is 18.5 Å². The molecule has 1 aromatic heterocycles. The highest BCUT2D eigenvalue weighted by atomic mass is 79.9. The molecule has 20 heavy (non-hydrogen) atoms. The third kappa shape index (κ3) is 4.32. The number of halogens is 2. The summed E-state index contributed by atoms with van der Waals surface area (Å²) in [7, 11) is 2.15. The van der Waals surface area contributed by atoms with Crippen LogP contribution in [0.15, 0.2) is 38.6 Å². The predicted octanol–water partition coefficient (Wildman–Crippen LogP) is 5.02. The van der Waals surface area contributed by atoms with Gasteiger partial charge in [-0.2, -0.15) is 0 Å². The summed E-state index contributed by atoms with van der Waals surface area (Å²) < 4.78 is 2.29. The van der Waals surface area contributed by atoms with E-state index in [-0.39, 0.29) is 0 Å². The van der Waals surface area contributed by atoms with E-state index in [0.29, 0.717) is 0 Å². The number of hydrogen-bond acceptors (Lipinski definition) is 3. The Morgan fingerprint density at radius 3 is 2.65 bits per heavy atom. The Morgan fingerprint density at radius 1 is 1.20 bits per heavy atom. The Balaban J connectivity index is 2.17. The van der Waals surface area contributed by atoms with Crippen molar-refractivity contribution in [3.63, 3.8) is 0 Å². The van der Waals surface area contributed by atoms with E-state index >= 15 is 0 Å². The van der Waals surface area contributed by atoms with Crippen LogP contribution in [0, 0.1) is 0 Å². The highest BCUT2D eigenvalue weighted by Gasteiger charge is 2.09. The molecule has 0 aliphatic rings. The Hall–Kier alpha value is -0.360. The van der Waals surface area contributed by atoms with Crippen molar-refractivity contribution < 1.29 is 0 Å². The van der Waals surface area contributed by atoms with Gasteiger partial charge in [0.25, 0.3) is 0 Å². The van der Waals surface area contributed by atoms with E-state index in [1.54, 1.807) is 11.3 Å². The maximum atomic E-state index is 3.56. The molecule has 0 saturated carbocycles. The van der Waals surface area contributed by atoms with Gasteiger partial charge in [-0.1, -0.05) is 22.9 Å². The number of rotatable bonds is 6. The molecule has 0 bridgehead atoms. The van der Waals surface area contributed by atoms with Gasteiger partial charge in [0.1, 0.15) is 0 Å². The van der Waals surface area contributed by atoms with Crippen LogP contribution in [0.5, 0.6) is 0 Å². The van der Waals surface area contributed by atoms with Crippen molar-refractivity contribution in [2.45, 2.75) is 20.0 Å². The number of benzene rings is 1. The normalized spacial score (nSPS) is 10.8. The molecule has 1 aromatic carbocycles. The van der Waals surface area contributed by atoms with Gasteiger partial charge in [0.2, 0.25) is 0 Å². The summed E-state index contributed by atoms with van der Waals surface area (Å²) in [4.78, 5) is 3.66. The lowest BCUT2D eigenvalue weighted by Crippen LogP contribution is -2.20. The van der Waals surface area contributed by atoms with Crippen LogP contribution in [-0.4, -0.2) is 13.6 Å². The minimum atomic E-state index is 0.893. The van der Waals surface area contributed by atoms with Crippen LogP contribution in [-0.2, 0) is 13.1 Å². The van der Waals surface area contributed by atoms with Gasteiger partial charge >= 0.3 is 0 Å². The molecule has 0 spiro atoms. The molecular weight excluding hydrogens is 400 g/mol. The van der Waals surface area contributed by atoms with E-state index in [2.05, 4.69) is 85.7 Å². The number of hydrogen-bond donors (Lipinski definition) is 1. The Kier molecular flexibility index (Phi) is 6.08. The number of nitrogens with zero attached hydrogens (tertiary/aromatic N) is 1. The fraction of sp³-hybridized carbons (Fsp3) is 0.333. The molecule has 5 heteroatoms. The van der Waals surface area contributed by atoms with Crippen LogP contribution in [0.1, 0.15) is 17.4 Å². The molecule has 2 rings (SSSR count). The smallest absolute Gasteiger partial charge is 0.0520 e. The van der Waals surface area contributed by atoms with Crippen LogP contribution < -0.4 is 10.2 Å². The minimum Gasteiger partial charge on any atom is -0.369 e. The van der Waals surface area contributed by atoms with Gasteiger partial charge < -0.3 is 10.2 Å². The average molecular weight is 418 g/mol. The molecule has 2 nitrogen and oxygen atoms in total. The van der Waals surface area contributed by atoms with Crippen molar-refractivity contribution >= 4 is 48.9 Å².